The van der Waals surface area contributed by atoms with Gasteiger partial charge in [0.2, 0.25) is 0 Å². The maximum Gasteiger partial charge on any atom is 0.254 e. The average Bonchev–Trinajstić information content (AvgIpc) is 2.39. The van der Waals surface area contributed by atoms with Crippen molar-refractivity contribution in [3.05, 3.63) is 35.4 Å². The van der Waals surface area contributed by atoms with Crippen molar-refractivity contribution in [2.75, 3.05) is 19.6 Å². The zero-order chi connectivity index (χ0) is 13.8. The second-order valence-corrected chi connectivity index (χ2v) is 5.85. The predicted octanol–water partition coefficient (Wildman–Crippen LogP) is 2.32. The summed E-state index contributed by atoms with van der Waals surface area (Å²) in [5, 5.41) is 3.31. The maximum atomic E-state index is 12.4. The summed E-state index contributed by atoms with van der Waals surface area (Å²) in [6.07, 6.45) is 1.07. The van der Waals surface area contributed by atoms with Gasteiger partial charge in [-0.1, -0.05) is 26.0 Å². The van der Waals surface area contributed by atoms with E-state index in [1.54, 1.807) is 0 Å². The lowest BCUT2D eigenvalue weighted by atomic mass is 10.0. The molecule has 0 aromatic heterocycles. The van der Waals surface area contributed by atoms with E-state index in [4.69, 9.17) is 0 Å². The van der Waals surface area contributed by atoms with E-state index in [0.717, 1.165) is 31.6 Å². The first-order valence-corrected chi connectivity index (χ1v) is 7.18. The molecule has 1 heterocycles. The van der Waals surface area contributed by atoms with Crippen molar-refractivity contribution in [3.8, 4) is 0 Å². The maximum absolute atomic E-state index is 12.4. The Morgan fingerprint density at radius 3 is 2.63 bits per heavy atom. The highest BCUT2D eigenvalue weighted by Crippen LogP contribution is 2.13. The van der Waals surface area contributed by atoms with Crippen molar-refractivity contribution in [1.29, 1.82) is 0 Å². The zero-order valence-electron chi connectivity index (χ0n) is 12.1. The number of nitrogens with zero attached hydrogens (tertiary/aromatic N) is 1. The van der Waals surface area contributed by atoms with Crippen molar-refractivity contribution in [2.45, 2.75) is 33.2 Å². The molecule has 1 amide bonds. The Morgan fingerprint density at radius 2 is 2.05 bits per heavy atom. The number of amides is 1. The summed E-state index contributed by atoms with van der Waals surface area (Å²) in [7, 11) is 0. The van der Waals surface area contributed by atoms with Crippen LogP contribution in [-0.4, -0.2) is 36.5 Å². The molecular weight excluding hydrogens is 236 g/mol. The van der Waals surface area contributed by atoms with Crippen LogP contribution >= 0.6 is 0 Å². The fourth-order valence-corrected chi connectivity index (χ4v) is 2.56. The van der Waals surface area contributed by atoms with Gasteiger partial charge < -0.3 is 10.2 Å². The highest BCUT2D eigenvalue weighted by Gasteiger charge is 2.23. The average molecular weight is 260 g/mol. The Kier molecular flexibility index (Phi) is 4.59. The summed E-state index contributed by atoms with van der Waals surface area (Å²) >= 11 is 0. The molecular formula is C16H24N2O. The molecule has 3 heteroatoms. The quantitative estimate of drug-likeness (QED) is 0.904. The highest BCUT2D eigenvalue weighted by molar-refractivity contribution is 5.94. The van der Waals surface area contributed by atoms with E-state index in [9.17, 15) is 4.79 Å². The molecule has 104 valence electrons. The van der Waals surface area contributed by atoms with Crippen LogP contribution in [0.2, 0.25) is 0 Å². The molecule has 1 aliphatic rings. The van der Waals surface area contributed by atoms with Gasteiger partial charge in [0.15, 0.2) is 0 Å². The number of hydrogen-bond acceptors (Lipinski definition) is 2. The lowest BCUT2D eigenvalue weighted by molar-refractivity contribution is 0.0656. The minimum absolute atomic E-state index is 0.157. The van der Waals surface area contributed by atoms with E-state index in [2.05, 4.69) is 38.2 Å². The summed E-state index contributed by atoms with van der Waals surface area (Å²) in [6.45, 7) is 9.09. The van der Waals surface area contributed by atoms with Crippen molar-refractivity contribution < 1.29 is 4.79 Å². The molecule has 0 radical (unpaired) electrons. The van der Waals surface area contributed by atoms with E-state index < -0.39 is 0 Å². The first-order chi connectivity index (χ1) is 9.08. The lowest BCUT2D eigenvalue weighted by Crippen LogP contribution is -2.52. The van der Waals surface area contributed by atoms with E-state index in [1.807, 2.05) is 17.0 Å². The van der Waals surface area contributed by atoms with Gasteiger partial charge in [0.25, 0.3) is 5.91 Å². The topological polar surface area (TPSA) is 32.3 Å². The Bertz CT molecular complexity index is 425. The van der Waals surface area contributed by atoms with Crippen molar-refractivity contribution in [1.82, 2.24) is 10.2 Å². The third-order valence-corrected chi connectivity index (χ3v) is 3.61. The lowest BCUT2D eigenvalue weighted by Gasteiger charge is -2.34. The summed E-state index contributed by atoms with van der Waals surface area (Å²) in [4.78, 5) is 14.4. The standard InChI is InChI=1S/C16H24N2O/c1-12(2)10-14-4-6-15(7-5-14)16(19)18-9-8-17-11-13(18)3/h4-7,12-13,17H,8-11H2,1-3H3. The first-order valence-electron chi connectivity index (χ1n) is 7.18. The fourth-order valence-electron chi connectivity index (χ4n) is 2.56. The number of hydrogen-bond donors (Lipinski definition) is 1. The molecule has 0 saturated carbocycles. The number of rotatable bonds is 3. The third kappa shape index (κ3) is 3.57. The van der Waals surface area contributed by atoms with Crippen LogP contribution in [0.4, 0.5) is 0 Å². The van der Waals surface area contributed by atoms with Crippen LogP contribution in [0.3, 0.4) is 0 Å². The van der Waals surface area contributed by atoms with Gasteiger partial charge in [0.05, 0.1) is 0 Å². The fraction of sp³-hybridized carbons (Fsp3) is 0.562. The number of carbonyl (C=O) groups excluding carboxylic acids is 1. The van der Waals surface area contributed by atoms with E-state index >= 15 is 0 Å². The van der Waals surface area contributed by atoms with Crippen LogP contribution in [-0.2, 0) is 6.42 Å². The van der Waals surface area contributed by atoms with Crippen LogP contribution < -0.4 is 5.32 Å². The molecule has 1 saturated heterocycles. The Hall–Kier alpha value is -1.35. The molecule has 1 unspecified atom stereocenters. The van der Waals surface area contributed by atoms with Crippen LogP contribution in [0.5, 0.6) is 0 Å². The molecule has 1 fully saturated rings. The molecule has 1 N–H and O–H groups in total. The molecule has 19 heavy (non-hydrogen) atoms. The van der Waals surface area contributed by atoms with Crippen molar-refractivity contribution >= 4 is 5.91 Å². The van der Waals surface area contributed by atoms with Crippen LogP contribution in [0, 0.1) is 5.92 Å². The van der Waals surface area contributed by atoms with Gasteiger partial charge in [-0.3, -0.25) is 4.79 Å². The minimum Gasteiger partial charge on any atom is -0.333 e. The summed E-state index contributed by atoms with van der Waals surface area (Å²) in [6, 6.07) is 8.38. The molecule has 0 bridgehead atoms. The molecule has 1 aromatic carbocycles. The van der Waals surface area contributed by atoms with Crippen LogP contribution in [0.1, 0.15) is 36.7 Å². The molecule has 2 rings (SSSR count). The largest absolute Gasteiger partial charge is 0.333 e. The molecule has 1 atom stereocenters. The zero-order valence-corrected chi connectivity index (χ0v) is 12.1. The van der Waals surface area contributed by atoms with Gasteiger partial charge in [0, 0.05) is 31.2 Å². The van der Waals surface area contributed by atoms with Gasteiger partial charge in [-0.15, -0.1) is 0 Å². The second-order valence-electron chi connectivity index (χ2n) is 5.85. The number of carbonyl (C=O) groups is 1. The Balaban J connectivity index is 2.06. The molecule has 3 nitrogen and oxygen atoms in total. The van der Waals surface area contributed by atoms with Gasteiger partial charge in [-0.2, -0.15) is 0 Å². The first kappa shape index (κ1) is 14.1. The normalized spacial score (nSPS) is 19.8. The van der Waals surface area contributed by atoms with E-state index in [-0.39, 0.29) is 11.9 Å². The van der Waals surface area contributed by atoms with E-state index in [0.29, 0.717) is 5.92 Å². The number of benzene rings is 1. The van der Waals surface area contributed by atoms with Gasteiger partial charge in [-0.05, 0) is 37.0 Å². The van der Waals surface area contributed by atoms with Gasteiger partial charge in [0.1, 0.15) is 0 Å². The smallest absolute Gasteiger partial charge is 0.254 e. The number of nitrogens with one attached hydrogen (secondary N) is 1. The summed E-state index contributed by atoms with van der Waals surface area (Å²) in [5.41, 5.74) is 2.11. The van der Waals surface area contributed by atoms with Gasteiger partial charge >= 0.3 is 0 Å². The SMILES string of the molecule is CC(C)Cc1ccc(C(=O)N2CCNCC2C)cc1. The molecule has 1 aromatic rings. The summed E-state index contributed by atoms with van der Waals surface area (Å²) in [5.74, 6) is 0.805. The second kappa shape index (κ2) is 6.20. The number of piperazine rings is 1. The highest BCUT2D eigenvalue weighted by atomic mass is 16.2. The van der Waals surface area contributed by atoms with Crippen molar-refractivity contribution in [2.24, 2.45) is 5.92 Å². The van der Waals surface area contributed by atoms with Gasteiger partial charge in [-0.25, -0.2) is 0 Å². The molecule has 0 spiro atoms. The van der Waals surface area contributed by atoms with Crippen LogP contribution in [0.15, 0.2) is 24.3 Å². The van der Waals surface area contributed by atoms with Crippen molar-refractivity contribution in [3.63, 3.8) is 0 Å². The third-order valence-electron chi connectivity index (χ3n) is 3.61. The summed E-state index contributed by atoms with van der Waals surface area (Å²) < 4.78 is 0. The molecule has 1 aliphatic heterocycles. The molecule has 0 aliphatic carbocycles. The van der Waals surface area contributed by atoms with Crippen LogP contribution in [0.25, 0.3) is 0 Å². The Morgan fingerprint density at radius 1 is 1.37 bits per heavy atom. The Labute approximate surface area is 116 Å². The predicted molar refractivity (Wildman–Crippen MR) is 78.4 cm³/mol. The minimum atomic E-state index is 0.157. The van der Waals surface area contributed by atoms with E-state index in [1.165, 1.54) is 5.56 Å². The monoisotopic (exact) mass is 260 g/mol.